The largest absolute Gasteiger partial charge is 0.451 e. The third kappa shape index (κ3) is 3.86. The number of esters is 1. The molecule has 0 unspecified atom stereocenters. The Kier molecular flexibility index (Phi) is 5.41. The molecule has 3 rings (SSSR count). The van der Waals surface area contributed by atoms with Gasteiger partial charge in [0, 0.05) is 0 Å². The number of amides is 2. The van der Waals surface area contributed by atoms with E-state index in [4.69, 9.17) is 16.3 Å². The zero-order valence-corrected chi connectivity index (χ0v) is 15.3. The molecule has 2 aromatic rings. The first-order chi connectivity index (χ1) is 13.3. The Labute approximate surface area is 164 Å². The first-order valence-electron chi connectivity index (χ1n) is 8.18. The molecule has 1 heterocycles. The number of fused-ring (bicyclic) bond motifs is 1. The normalized spacial score (nSPS) is 13.9. The summed E-state index contributed by atoms with van der Waals surface area (Å²) in [5.41, 5.74) is 0.673. The molecule has 0 spiro atoms. The molecule has 2 amide bonds. The van der Waals surface area contributed by atoms with Crippen molar-refractivity contribution in [2.45, 2.75) is 13.0 Å². The van der Waals surface area contributed by atoms with Gasteiger partial charge in [0.2, 0.25) is 0 Å². The van der Waals surface area contributed by atoms with E-state index in [0.29, 0.717) is 5.69 Å². The number of para-hydroxylation sites is 1. The molecule has 0 saturated heterocycles. The quantitative estimate of drug-likeness (QED) is 0.610. The van der Waals surface area contributed by atoms with Crippen LogP contribution in [0, 0.1) is 5.82 Å². The fourth-order valence-corrected chi connectivity index (χ4v) is 2.86. The van der Waals surface area contributed by atoms with Crippen molar-refractivity contribution in [3.8, 4) is 0 Å². The number of carbonyl (C=O) groups is 4. The summed E-state index contributed by atoms with van der Waals surface area (Å²) in [7, 11) is 0. The maximum Gasteiger partial charge on any atom is 0.326 e. The summed E-state index contributed by atoms with van der Waals surface area (Å²) < 4.78 is 18.1. The van der Waals surface area contributed by atoms with Crippen LogP contribution in [0.5, 0.6) is 0 Å². The van der Waals surface area contributed by atoms with Gasteiger partial charge in [0.1, 0.15) is 12.4 Å². The molecule has 0 fully saturated rings. The molecule has 1 aliphatic rings. The molecule has 0 aromatic heterocycles. The van der Waals surface area contributed by atoms with Crippen molar-refractivity contribution in [2.24, 2.45) is 0 Å². The number of rotatable bonds is 5. The van der Waals surface area contributed by atoms with Gasteiger partial charge in [-0.3, -0.25) is 24.1 Å². The summed E-state index contributed by atoms with van der Waals surface area (Å²) in [6, 6.07) is 9.69. The van der Waals surface area contributed by atoms with E-state index in [0.717, 1.165) is 17.0 Å². The molecule has 9 heteroatoms. The number of ether oxygens (including phenoxy) is 1. The zero-order chi connectivity index (χ0) is 20.4. The minimum Gasteiger partial charge on any atom is -0.451 e. The van der Waals surface area contributed by atoms with Crippen LogP contribution in [0.3, 0.4) is 0 Å². The maximum absolute atomic E-state index is 13.1. The molecule has 1 aliphatic heterocycles. The Morgan fingerprint density at radius 2 is 1.93 bits per heavy atom. The average molecular weight is 405 g/mol. The predicted octanol–water partition coefficient (Wildman–Crippen LogP) is 2.58. The highest BCUT2D eigenvalue weighted by molar-refractivity contribution is 6.52. The monoisotopic (exact) mass is 404 g/mol. The number of hydrogen-bond acceptors (Lipinski definition) is 5. The molecule has 0 radical (unpaired) electrons. The minimum atomic E-state index is -1.21. The average Bonchev–Trinajstić information content (AvgIpc) is 2.89. The van der Waals surface area contributed by atoms with E-state index in [1.807, 2.05) is 0 Å². The molecule has 2 aromatic carbocycles. The zero-order valence-electron chi connectivity index (χ0n) is 14.6. The highest BCUT2D eigenvalue weighted by Crippen LogP contribution is 2.28. The van der Waals surface area contributed by atoms with E-state index in [2.05, 4.69) is 5.32 Å². The summed E-state index contributed by atoms with van der Waals surface area (Å²) in [6.07, 6.45) is -1.21. The van der Waals surface area contributed by atoms with Crippen LogP contribution in [-0.4, -0.2) is 36.2 Å². The lowest BCUT2D eigenvalue weighted by atomic mass is 10.1. The van der Waals surface area contributed by atoms with Gasteiger partial charge in [0.25, 0.3) is 17.6 Å². The maximum atomic E-state index is 13.1. The van der Waals surface area contributed by atoms with E-state index in [9.17, 15) is 23.6 Å². The Morgan fingerprint density at radius 1 is 1.21 bits per heavy atom. The van der Waals surface area contributed by atoms with E-state index in [-0.39, 0.29) is 16.3 Å². The highest BCUT2D eigenvalue weighted by atomic mass is 35.5. The number of benzene rings is 2. The van der Waals surface area contributed by atoms with Gasteiger partial charge in [-0.05, 0) is 37.3 Å². The van der Waals surface area contributed by atoms with Crippen LogP contribution >= 0.6 is 11.6 Å². The van der Waals surface area contributed by atoms with E-state index >= 15 is 0 Å². The van der Waals surface area contributed by atoms with Gasteiger partial charge in [0.15, 0.2) is 6.10 Å². The first kappa shape index (κ1) is 19.5. The summed E-state index contributed by atoms with van der Waals surface area (Å²) in [4.78, 5) is 49.3. The lowest BCUT2D eigenvalue weighted by molar-refractivity contribution is -0.152. The van der Waals surface area contributed by atoms with E-state index < -0.39 is 42.0 Å². The van der Waals surface area contributed by atoms with Gasteiger partial charge >= 0.3 is 5.97 Å². The lowest BCUT2D eigenvalue weighted by Gasteiger charge is -2.18. The topological polar surface area (TPSA) is 92.8 Å². The fourth-order valence-electron chi connectivity index (χ4n) is 2.65. The molecule has 1 N–H and O–H groups in total. The summed E-state index contributed by atoms with van der Waals surface area (Å²) in [5, 5.41) is 2.41. The standard InChI is InChI=1S/C19H14ClFN2O5/c1-10(18(26)22-14-7-6-11(21)8-13(14)20)28-16(24)9-23-15-5-3-2-4-12(15)17(25)19(23)27/h2-8,10H,9H2,1H3,(H,22,26)/t10-/m0/s1. The SMILES string of the molecule is C[C@H](OC(=O)CN1C(=O)C(=O)c2ccccc21)C(=O)Nc1ccc(F)cc1Cl. The number of nitrogens with one attached hydrogen (secondary N) is 1. The van der Waals surface area contributed by atoms with Gasteiger partial charge < -0.3 is 10.1 Å². The van der Waals surface area contributed by atoms with Crippen molar-refractivity contribution < 1.29 is 28.3 Å². The molecule has 1 atom stereocenters. The number of hydrogen-bond donors (Lipinski definition) is 1. The van der Waals surface area contributed by atoms with Crippen molar-refractivity contribution in [3.05, 3.63) is 58.9 Å². The number of nitrogens with zero attached hydrogens (tertiary/aromatic N) is 1. The van der Waals surface area contributed by atoms with Gasteiger partial charge in [0.05, 0.1) is 22.0 Å². The van der Waals surface area contributed by atoms with Gasteiger partial charge in [-0.2, -0.15) is 0 Å². The Morgan fingerprint density at radius 3 is 2.64 bits per heavy atom. The van der Waals surface area contributed by atoms with Crippen molar-refractivity contribution in [3.63, 3.8) is 0 Å². The predicted molar refractivity (Wildman–Crippen MR) is 98.7 cm³/mol. The van der Waals surface area contributed by atoms with E-state index in [1.165, 1.54) is 25.1 Å². The van der Waals surface area contributed by atoms with Crippen LogP contribution in [0.4, 0.5) is 15.8 Å². The molecule has 7 nitrogen and oxygen atoms in total. The Bertz CT molecular complexity index is 994. The van der Waals surface area contributed by atoms with E-state index in [1.54, 1.807) is 12.1 Å². The lowest BCUT2D eigenvalue weighted by Crippen LogP contribution is -2.38. The molecular weight excluding hydrogens is 391 g/mol. The number of carbonyl (C=O) groups excluding carboxylic acids is 4. The van der Waals surface area contributed by atoms with Crippen LogP contribution in [0.25, 0.3) is 0 Å². The Hall–Kier alpha value is -3.26. The van der Waals surface area contributed by atoms with Gasteiger partial charge in [-0.15, -0.1) is 0 Å². The fraction of sp³-hybridized carbons (Fsp3) is 0.158. The van der Waals surface area contributed by atoms with Crippen molar-refractivity contribution >= 4 is 46.5 Å². The minimum absolute atomic E-state index is 0.00957. The number of anilines is 2. The van der Waals surface area contributed by atoms with Crippen LogP contribution < -0.4 is 10.2 Å². The third-order valence-corrected chi connectivity index (χ3v) is 4.35. The highest BCUT2D eigenvalue weighted by Gasteiger charge is 2.37. The summed E-state index contributed by atoms with van der Waals surface area (Å²) in [5.74, 6) is -3.67. The van der Waals surface area contributed by atoms with Crippen LogP contribution in [0.15, 0.2) is 42.5 Å². The number of ketones is 1. The third-order valence-electron chi connectivity index (χ3n) is 4.03. The van der Waals surface area contributed by atoms with Crippen LogP contribution in [-0.2, 0) is 19.1 Å². The van der Waals surface area contributed by atoms with Gasteiger partial charge in [-0.1, -0.05) is 23.7 Å². The first-order valence-corrected chi connectivity index (χ1v) is 8.56. The second-order valence-corrected chi connectivity index (χ2v) is 6.39. The molecule has 144 valence electrons. The molecule has 0 bridgehead atoms. The second-order valence-electron chi connectivity index (χ2n) is 5.98. The van der Waals surface area contributed by atoms with Gasteiger partial charge in [-0.25, -0.2) is 4.39 Å². The molecule has 0 aliphatic carbocycles. The molecule has 28 heavy (non-hydrogen) atoms. The Balaban J connectivity index is 1.62. The number of halogens is 2. The van der Waals surface area contributed by atoms with Crippen molar-refractivity contribution in [2.75, 3.05) is 16.8 Å². The second kappa shape index (κ2) is 7.77. The smallest absolute Gasteiger partial charge is 0.326 e. The van der Waals surface area contributed by atoms with Crippen LogP contribution in [0.1, 0.15) is 17.3 Å². The summed E-state index contributed by atoms with van der Waals surface area (Å²) in [6.45, 7) is 0.812. The van der Waals surface area contributed by atoms with Crippen LogP contribution in [0.2, 0.25) is 5.02 Å². The summed E-state index contributed by atoms with van der Waals surface area (Å²) >= 11 is 5.84. The molecular formula is C19H14ClFN2O5. The van der Waals surface area contributed by atoms with Crippen molar-refractivity contribution in [1.29, 1.82) is 0 Å². The molecule has 0 saturated carbocycles. The number of Topliss-reactive ketones (excluding diaryl/α,β-unsaturated/α-hetero) is 1. The van der Waals surface area contributed by atoms with Crippen molar-refractivity contribution in [1.82, 2.24) is 0 Å².